The molecule has 0 amide bonds. The van der Waals surface area contributed by atoms with Gasteiger partial charge in [0.25, 0.3) is 0 Å². The molecule has 1 aromatic carbocycles. The van der Waals surface area contributed by atoms with Crippen LogP contribution in [0.2, 0.25) is 0 Å². The van der Waals surface area contributed by atoms with Crippen molar-refractivity contribution >= 4 is 44.6 Å². The first kappa shape index (κ1) is 12.3. The Labute approximate surface area is 110 Å². The van der Waals surface area contributed by atoms with Crippen molar-refractivity contribution in [2.45, 2.75) is 19.8 Å². The third-order valence-corrected chi connectivity index (χ3v) is 3.44. The van der Waals surface area contributed by atoms with E-state index in [0.29, 0.717) is 5.11 Å². The number of rotatable bonds is 4. The van der Waals surface area contributed by atoms with Gasteiger partial charge in [-0.25, -0.2) is 4.98 Å². The Bertz CT molecular complexity index is 507. The number of aromatic nitrogens is 1. The highest BCUT2D eigenvalue weighted by Gasteiger charge is 2.00. The van der Waals surface area contributed by atoms with Crippen LogP contribution in [-0.4, -0.2) is 16.6 Å². The van der Waals surface area contributed by atoms with Crippen LogP contribution < -0.4 is 10.6 Å². The quantitative estimate of drug-likeness (QED) is 0.656. The first-order valence-corrected chi connectivity index (χ1v) is 6.96. The van der Waals surface area contributed by atoms with E-state index in [9.17, 15) is 0 Å². The Balaban J connectivity index is 1.95. The minimum atomic E-state index is 0.683. The van der Waals surface area contributed by atoms with Crippen LogP contribution in [0.4, 0.5) is 5.69 Å². The van der Waals surface area contributed by atoms with Crippen LogP contribution in [0.3, 0.4) is 0 Å². The number of hydrogen-bond donors (Lipinski definition) is 2. The number of benzene rings is 1. The minimum absolute atomic E-state index is 0.683. The maximum absolute atomic E-state index is 5.22. The third-order valence-electron chi connectivity index (χ3n) is 2.41. The molecular formula is C12H15N3S2. The van der Waals surface area contributed by atoms with Gasteiger partial charge in [0.15, 0.2) is 5.11 Å². The minimum Gasteiger partial charge on any atom is -0.362 e. The molecule has 0 aliphatic rings. The van der Waals surface area contributed by atoms with E-state index in [2.05, 4.69) is 28.6 Å². The summed E-state index contributed by atoms with van der Waals surface area (Å²) in [6.45, 7) is 3.08. The molecule has 3 nitrogen and oxygen atoms in total. The van der Waals surface area contributed by atoms with Crippen molar-refractivity contribution in [3.63, 3.8) is 0 Å². The number of nitrogens with zero attached hydrogens (tertiary/aromatic N) is 1. The van der Waals surface area contributed by atoms with Gasteiger partial charge in [0.1, 0.15) is 0 Å². The normalized spacial score (nSPS) is 10.4. The van der Waals surface area contributed by atoms with Crippen molar-refractivity contribution in [2.24, 2.45) is 0 Å². The molecule has 0 atom stereocenters. The lowest BCUT2D eigenvalue weighted by molar-refractivity contribution is 0.758. The predicted octanol–water partition coefficient (Wildman–Crippen LogP) is 3.38. The van der Waals surface area contributed by atoms with Gasteiger partial charge in [0, 0.05) is 12.2 Å². The van der Waals surface area contributed by atoms with Crippen LogP contribution in [0.25, 0.3) is 10.2 Å². The average molecular weight is 265 g/mol. The van der Waals surface area contributed by atoms with Gasteiger partial charge in [0.2, 0.25) is 0 Å². The second-order valence-electron chi connectivity index (χ2n) is 3.77. The van der Waals surface area contributed by atoms with Gasteiger partial charge in [-0.3, -0.25) is 0 Å². The molecule has 1 aromatic heterocycles. The van der Waals surface area contributed by atoms with E-state index >= 15 is 0 Å². The second-order valence-corrected chi connectivity index (χ2v) is 5.06. The van der Waals surface area contributed by atoms with Crippen molar-refractivity contribution in [1.82, 2.24) is 10.3 Å². The zero-order chi connectivity index (χ0) is 12.1. The van der Waals surface area contributed by atoms with Gasteiger partial charge in [-0.05, 0) is 36.8 Å². The van der Waals surface area contributed by atoms with Crippen LogP contribution in [0.1, 0.15) is 19.8 Å². The summed E-state index contributed by atoms with van der Waals surface area (Å²) in [5.74, 6) is 0. The van der Waals surface area contributed by atoms with Gasteiger partial charge < -0.3 is 10.6 Å². The summed E-state index contributed by atoms with van der Waals surface area (Å²) in [7, 11) is 0. The standard InChI is InChI=1S/C12H15N3S2/c1-2-3-6-13-12(16)15-9-4-5-10-11(7-9)17-8-14-10/h4-5,7-8H,2-3,6H2,1H3,(H2,13,15,16). The maximum atomic E-state index is 5.22. The molecule has 0 radical (unpaired) electrons. The number of nitrogens with one attached hydrogen (secondary N) is 2. The summed E-state index contributed by atoms with van der Waals surface area (Å²) in [6, 6.07) is 6.07. The molecule has 0 saturated carbocycles. The molecule has 0 spiro atoms. The largest absolute Gasteiger partial charge is 0.362 e. The molecule has 0 fully saturated rings. The van der Waals surface area contributed by atoms with Crippen LogP contribution in [0.15, 0.2) is 23.7 Å². The molecular weight excluding hydrogens is 250 g/mol. The molecule has 0 aliphatic heterocycles. The molecule has 0 aliphatic carbocycles. The fourth-order valence-electron chi connectivity index (χ4n) is 1.49. The number of thiazole rings is 1. The van der Waals surface area contributed by atoms with E-state index in [4.69, 9.17) is 12.2 Å². The molecule has 0 saturated heterocycles. The summed E-state index contributed by atoms with van der Waals surface area (Å²) in [5.41, 5.74) is 3.90. The molecule has 2 aromatic rings. The van der Waals surface area contributed by atoms with Gasteiger partial charge in [-0.15, -0.1) is 11.3 Å². The van der Waals surface area contributed by atoms with Gasteiger partial charge in [-0.1, -0.05) is 13.3 Å². The highest BCUT2D eigenvalue weighted by atomic mass is 32.1. The van der Waals surface area contributed by atoms with Crippen molar-refractivity contribution in [2.75, 3.05) is 11.9 Å². The average Bonchev–Trinajstić information content (AvgIpc) is 2.76. The lowest BCUT2D eigenvalue weighted by atomic mass is 10.3. The Morgan fingerprint density at radius 2 is 2.35 bits per heavy atom. The number of hydrogen-bond acceptors (Lipinski definition) is 3. The number of unbranched alkanes of at least 4 members (excludes halogenated alkanes) is 1. The summed E-state index contributed by atoms with van der Waals surface area (Å²) in [6.07, 6.45) is 2.30. The van der Waals surface area contributed by atoms with E-state index in [-0.39, 0.29) is 0 Å². The molecule has 17 heavy (non-hydrogen) atoms. The van der Waals surface area contributed by atoms with Crippen LogP contribution in [0, 0.1) is 0 Å². The Hall–Kier alpha value is -1.20. The second kappa shape index (κ2) is 5.93. The Morgan fingerprint density at radius 3 is 3.18 bits per heavy atom. The summed E-state index contributed by atoms with van der Waals surface area (Å²) in [4.78, 5) is 4.24. The van der Waals surface area contributed by atoms with Crippen LogP contribution in [0.5, 0.6) is 0 Å². The van der Waals surface area contributed by atoms with Crippen molar-refractivity contribution in [1.29, 1.82) is 0 Å². The van der Waals surface area contributed by atoms with E-state index in [1.54, 1.807) is 11.3 Å². The zero-order valence-corrected chi connectivity index (χ0v) is 11.3. The van der Waals surface area contributed by atoms with Crippen LogP contribution in [-0.2, 0) is 0 Å². The van der Waals surface area contributed by atoms with Gasteiger partial charge in [0.05, 0.1) is 15.7 Å². The Kier molecular flexibility index (Phi) is 4.28. The molecule has 2 N–H and O–H groups in total. The first-order chi connectivity index (χ1) is 8.29. The van der Waals surface area contributed by atoms with Crippen molar-refractivity contribution < 1.29 is 0 Å². The molecule has 0 bridgehead atoms. The smallest absolute Gasteiger partial charge is 0.170 e. The van der Waals surface area contributed by atoms with Gasteiger partial charge >= 0.3 is 0 Å². The Morgan fingerprint density at radius 1 is 1.47 bits per heavy atom. The number of fused-ring (bicyclic) bond motifs is 1. The maximum Gasteiger partial charge on any atom is 0.170 e. The molecule has 2 rings (SSSR count). The van der Waals surface area contributed by atoms with E-state index in [1.807, 2.05) is 17.6 Å². The van der Waals surface area contributed by atoms with Crippen molar-refractivity contribution in [3.8, 4) is 0 Å². The highest BCUT2D eigenvalue weighted by molar-refractivity contribution is 7.80. The van der Waals surface area contributed by atoms with Crippen molar-refractivity contribution in [3.05, 3.63) is 23.7 Å². The zero-order valence-electron chi connectivity index (χ0n) is 9.69. The fourth-order valence-corrected chi connectivity index (χ4v) is 2.42. The lowest BCUT2D eigenvalue weighted by Crippen LogP contribution is -2.29. The molecule has 5 heteroatoms. The molecule has 90 valence electrons. The molecule has 0 unspecified atom stereocenters. The summed E-state index contributed by atoms with van der Waals surface area (Å²) < 4.78 is 1.17. The number of anilines is 1. The lowest BCUT2D eigenvalue weighted by Gasteiger charge is -2.09. The fraction of sp³-hybridized carbons (Fsp3) is 0.333. The monoisotopic (exact) mass is 265 g/mol. The summed E-state index contributed by atoms with van der Waals surface area (Å²) in [5, 5.41) is 7.05. The third kappa shape index (κ3) is 3.38. The highest BCUT2D eigenvalue weighted by Crippen LogP contribution is 2.21. The van der Waals surface area contributed by atoms with Crippen LogP contribution >= 0.6 is 23.6 Å². The topological polar surface area (TPSA) is 37.0 Å². The van der Waals surface area contributed by atoms with Gasteiger partial charge in [-0.2, -0.15) is 0 Å². The predicted molar refractivity (Wildman–Crippen MR) is 78.8 cm³/mol. The van der Waals surface area contributed by atoms with E-state index < -0.39 is 0 Å². The van der Waals surface area contributed by atoms with E-state index in [1.165, 1.54) is 11.1 Å². The number of thiocarbonyl (C=S) groups is 1. The molecule has 1 heterocycles. The SMILES string of the molecule is CCCCNC(=S)Nc1ccc2ncsc2c1. The first-order valence-electron chi connectivity index (χ1n) is 5.67. The summed E-state index contributed by atoms with van der Waals surface area (Å²) >= 11 is 6.85. The van der Waals surface area contributed by atoms with E-state index in [0.717, 1.165) is 24.2 Å².